The quantitative estimate of drug-likeness (QED) is 0.426. The van der Waals surface area contributed by atoms with Gasteiger partial charge in [-0.3, -0.25) is 9.59 Å². The van der Waals surface area contributed by atoms with Gasteiger partial charge >= 0.3 is 5.97 Å². The molecule has 1 rings (SSSR count). The Balaban J connectivity index is 2.61. The van der Waals surface area contributed by atoms with Crippen LogP contribution in [-0.2, 0) is 9.53 Å². The van der Waals surface area contributed by atoms with Gasteiger partial charge in [-0.05, 0) is 18.2 Å². The van der Waals surface area contributed by atoms with Gasteiger partial charge in [-0.2, -0.15) is 0 Å². The maximum atomic E-state index is 10.6. The van der Waals surface area contributed by atoms with Crippen LogP contribution < -0.4 is 9.47 Å². The number of methoxy groups -OCH3 is 1. The smallest absolute Gasteiger partial charge is 0.302 e. The topological polar surface area (TPSA) is 61.8 Å². The van der Waals surface area contributed by atoms with Crippen molar-refractivity contribution in [3.8, 4) is 11.5 Å². The standard InChI is InChI=1S/C12H14O5/c1-9(14)16-5-6-17-12-7-10(8-13)3-4-11(12)15-2/h3-4,7-8H,5-6H2,1-2H3. The molecule has 5 heteroatoms. The van der Waals surface area contributed by atoms with E-state index in [1.807, 2.05) is 0 Å². The molecular formula is C12H14O5. The number of aldehydes is 1. The van der Waals surface area contributed by atoms with Crippen molar-refractivity contribution in [3.05, 3.63) is 23.8 Å². The first-order chi connectivity index (χ1) is 8.17. The molecule has 0 amide bonds. The second-order valence-electron chi connectivity index (χ2n) is 3.22. The third-order valence-corrected chi connectivity index (χ3v) is 1.97. The lowest BCUT2D eigenvalue weighted by atomic mass is 10.2. The third kappa shape index (κ3) is 4.14. The predicted molar refractivity (Wildman–Crippen MR) is 60.5 cm³/mol. The first-order valence-electron chi connectivity index (χ1n) is 5.06. The maximum absolute atomic E-state index is 10.6. The van der Waals surface area contributed by atoms with Crippen molar-refractivity contribution >= 4 is 12.3 Å². The molecule has 0 saturated heterocycles. The molecular weight excluding hydrogens is 224 g/mol. The summed E-state index contributed by atoms with van der Waals surface area (Å²) in [6.45, 7) is 1.69. The summed E-state index contributed by atoms with van der Waals surface area (Å²) in [5.74, 6) is 0.616. The van der Waals surface area contributed by atoms with Gasteiger partial charge in [0, 0.05) is 12.5 Å². The Hall–Kier alpha value is -2.04. The number of hydrogen-bond donors (Lipinski definition) is 0. The van der Waals surface area contributed by atoms with Gasteiger partial charge in [0.05, 0.1) is 7.11 Å². The first kappa shape index (κ1) is 13.0. The van der Waals surface area contributed by atoms with Crippen molar-refractivity contribution in [1.29, 1.82) is 0 Å². The van der Waals surface area contributed by atoms with E-state index in [-0.39, 0.29) is 19.2 Å². The summed E-state index contributed by atoms with van der Waals surface area (Å²) in [5, 5.41) is 0. The summed E-state index contributed by atoms with van der Waals surface area (Å²) in [6.07, 6.45) is 0.721. The fraction of sp³-hybridized carbons (Fsp3) is 0.333. The molecule has 5 nitrogen and oxygen atoms in total. The summed E-state index contributed by atoms with van der Waals surface area (Å²) < 4.78 is 15.2. The molecule has 0 N–H and O–H groups in total. The van der Waals surface area contributed by atoms with Gasteiger partial charge in [-0.1, -0.05) is 0 Å². The molecule has 0 heterocycles. The highest BCUT2D eigenvalue weighted by Gasteiger charge is 2.05. The van der Waals surface area contributed by atoms with E-state index in [9.17, 15) is 9.59 Å². The van der Waals surface area contributed by atoms with E-state index in [1.165, 1.54) is 14.0 Å². The minimum atomic E-state index is -0.359. The highest BCUT2D eigenvalue weighted by Crippen LogP contribution is 2.27. The second-order valence-corrected chi connectivity index (χ2v) is 3.22. The van der Waals surface area contributed by atoms with Crippen LogP contribution in [0.1, 0.15) is 17.3 Å². The highest BCUT2D eigenvalue weighted by molar-refractivity contribution is 5.76. The van der Waals surface area contributed by atoms with Crippen LogP contribution >= 0.6 is 0 Å². The van der Waals surface area contributed by atoms with Crippen LogP contribution in [-0.4, -0.2) is 32.6 Å². The van der Waals surface area contributed by atoms with E-state index in [1.54, 1.807) is 18.2 Å². The summed E-state index contributed by atoms with van der Waals surface area (Å²) >= 11 is 0. The molecule has 0 aliphatic rings. The molecule has 0 unspecified atom stereocenters. The van der Waals surface area contributed by atoms with Crippen LogP contribution in [0.4, 0.5) is 0 Å². The Morgan fingerprint density at radius 3 is 2.65 bits per heavy atom. The molecule has 0 spiro atoms. The molecule has 1 aromatic carbocycles. The molecule has 0 radical (unpaired) electrons. The summed E-state index contributed by atoms with van der Waals surface area (Å²) in [4.78, 5) is 21.1. The molecule has 0 bridgehead atoms. The van der Waals surface area contributed by atoms with Gasteiger partial charge < -0.3 is 14.2 Å². The van der Waals surface area contributed by atoms with E-state index in [4.69, 9.17) is 14.2 Å². The summed E-state index contributed by atoms with van der Waals surface area (Å²) in [6, 6.07) is 4.84. The number of rotatable bonds is 6. The van der Waals surface area contributed by atoms with E-state index in [0.29, 0.717) is 17.1 Å². The van der Waals surface area contributed by atoms with Crippen LogP contribution in [0, 0.1) is 0 Å². The molecule has 0 fully saturated rings. The van der Waals surface area contributed by atoms with Crippen LogP contribution in [0.2, 0.25) is 0 Å². The monoisotopic (exact) mass is 238 g/mol. The SMILES string of the molecule is COc1ccc(C=O)cc1OCCOC(C)=O. The molecule has 0 aromatic heterocycles. The molecule has 0 atom stereocenters. The van der Waals surface area contributed by atoms with Crippen molar-refractivity contribution in [2.45, 2.75) is 6.92 Å². The van der Waals surface area contributed by atoms with Crippen molar-refractivity contribution in [3.63, 3.8) is 0 Å². The number of carbonyl (C=O) groups is 2. The van der Waals surface area contributed by atoms with Gasteiger partial charge in [-0.15, -0.1) is 0 Å². The molecule has 1 aromatic rings. The average Bonchev–Trinajstić information content (AvgIpc) is 2.34. The Morgan fingerprint density at radius 1 is 1.29 bits per heavy atom. The normalized spacial score (nSPS) is 9.53. The Bertz CT molecular complexity index is 400. The minimum absolute atomic E-state index is 0.157. The number of benzene rings is 1. The minimum Gasteiger partial charge on any atom is -0.493 e. The molecule has 92 valence electrons. The highest BCUT2D eigenvalue weighted by atomic mass is 16.6. The van der Waals surface area contributed by atoms with Crippen LogP contribution in [0.3, 0.4) is 0 Å². The zero-order chi connectivity index (χ0) is 12.7. The van der Waals surface area contributed by atoms with Gasteiger partial charge in [0.1, 0.15) is 19.5 Å². The third-order valence-electron chi connectivity index (χ3n) is 1.97. The number of hydrogen-bond acceptors (Lipinski definition) is 5. The van der Waals surface area contributed by atoms with E-state index in [2.05, 4.69) is 0 Å². The van der Waals surface area contributed by atoms with Crippen LogP contribution in [0.15, 0.2) is 18.2 Å². The molecule has 0 aliphatic carbocycles. The predicted octanol–water partition coefficient (Wildman–Crippen LogP) is 1.45. The number of esters is 1. The van der Waals surface area contributed by atoms with Crippen molar-refractivity contribution in [2.24, 2.45) is 0 Å². The van der Waals surface area contributed by atoms with Gasteiger partial charge in [0.2, 0.25) is 0 Å². The van der Waals surface area contributed by atoms with Gasteiger partial charge in [0.25, 0.3) is 0 Å². The summed E-state index contributed by atoms with van der Waals surface area (Å²) in [7, 11) is 1.51. The van der Waals surface area contributed by atoms with E-state index in [0.717, 1.165) is 6.29 Å². The van der Waals surface area contributed by atoms with E-state index >= 15 is 0 Å². The zero-order valence-electron chi connectivity index (χ0n) is 9.76. The van der Waals surface area contributed by atoms with Crippen molar-refractivity contribution in [1.82, 2.24) is 0 Å². The molecule has 0 saturated carbocycles. The zero-order valence-corrected chi connectivity index (χ0v) is 9.76. The lowest BCUT2D eigenvalue weighted by Gasteiger charge is -2.10. The summed E-state index contributed by atoms with van der Waals surface area (Å²) in [5.41, 5.74) is 0.494. The fourth-order valence-corrected chi connectivity index (χ4v) is 1.22. The molecule has 0 aliphatic heterocycles. The van der Waals surface area contributed by atoms with Crippen LogP contribution in [0.5, 0.6) is 11.5 Å². The van der Waals surface area contributed by atoms with Crippen molar-refractivity contribution in [2.75, 3.05) is 20.3 Å². The Kier molecular flexibility index (Phi) is 5.00. The maximum Gasteiger partial charge on any atom is 0.302 e. The van der Waals surface area contributed by atoms with E-state index < -0.39 is 0 Å². The number of ether oxygens (including phenoxy) is 3. The lowest BCUT2D eigenvalue weighted by Crippen LogP contribution is -2.10. The Labute approximate surface area is 99.3 Å². The largest absolute Gasteiger partial charge is 0.493 e. The van der Waals surface area contributed by atoms with Gasteiger partial charge in [-0.25, -0.2) is 0 Å². The lowest BCUT2D eigenvalue weighted by molar-refractivity contribution is -0.141. The Morgan fingerprint density at radius 2 is 2.06 bits per heavy atom. The van der Waals surface area contributed by atoms with Gasteiger partial charge in [0.15, 0.2) is 11.5 Å². The second kappa shape index (κ2) is 6.52. The molecule has 17 heavy (non-hydrogen) atoms. The fourth-order valence-electron chi connectivity index (χ4n) is 1.22. The van der Waals surface area contributed by atoms with Crippen LogP contribution in [0.25, 0.3) is 0 Å². The first-order valence-corrected chi connectivity index (χ1v) is 5.06. The van der Waals surface area contributed by atoms with Crippen molar-refractivity contribution < 1.29 is 23.8 Å². The average molecular weight is 238 g/mol. The number of carbonyl (C=O) groups excluding carboxylic acids is 2.